The number of unbranched alkanes of at least 4 members (excludes halogenated alkanes) is 7. The first-order chi connectivity index (χ1) is 12.6. The molecule has 0 spiro atoms. The highest BCUT2D eigenvalue weighted by Crippen LogP contribution is 2.16. The van der Waals surface area contributed by atoms with Gasteiger partial charge < -0.3 is 36.0 Å². The Labute approximate surface area is 157 Å². The van der Waals surface area contributed by atoms with Crippen molar-refractivity contribution in [1.29, 1.82) is 0 Å². The molecule has 7 N–H and O–H groups in total. The summed E-state index contributed by atoms with van der Waals surface area (Å²) in [5.74, 6) is -4.92. The molecule has 0 rings (SSSR count). The fraction of sp³-hybridized carbons (Fsp3) is 0.824. The maximum atomic E-state index is 11.9. The van der Waals surface area contributed by atoms with Crippen LogP contribution in [0.3, 0.4) is 0 Å². The molecule has 0 saturated carbocycles. The van der Waals surface area contributed by atoms with Gasteiger partial charge in [-0.2, -0.15) is 0 Å². The third-order valence-corrected chi connectivity index (χ3v) is 4.24. The maximum Gasteiger partial charge on any atom is 0.360 e. The van der Waals surface area contributed by atoms with Crippen molar-refractivity contribution in [1.82, 2.24) is 5.32 Å². The van der Waals surface area contributed by atoms with Gasteiger partial charge in [-0.15, -0.1) is 0 Å². The Balaban J connectivity index is 4.52. The van der Waals surface area contributed by atoms with E-state index in [-0.39, 0.29) is 6.42 Å². The van der Waals surface area contributed by atoms with E-state index in [0.29, 0.717) is 6.42 Å². The van der Waals surface area contributed by atoms with Gasteiger partial charge in [0.05, 0.1) is 0 Å². The van der Waals surface area contributed by atoms with Crippen molar-refractivity contribution >= 4 is 17.8 Å². The molecule has 1 amide bonds. The standard InChI is InChI=1S/C17H31NO9/c1-2-3-4-5-6-7-8-9-10-11(19)18-17(27,16(25)26)14(22)12(20)13(21)15(23)24/h12-14,20-22,27H,2-10H2,1H3,(H,18,19)(H,23,24)(H,25,26)/t12-,13+,14+,17-/m1/s1. The lowest BCUT2D eigenvalue weighted by molar-refractivity contribution is -0.201. The molecule has 0 aliphatic carbocycles. The van der Waals surface area contributed by atoms with Crippen LogP contribution in [0.4, 0.5) is 0 Å². The van der Waals surface area contributed by atoms with Crippen LogP contribution in [0.1, 0.15) is 64.7 Å². The van der Waals surface area contributed by atoms with Crippen molar-refractivity contribution in [3.8, 4) is 0 Å². The van der Waals surface area contributed by atoms with Crippen molar-refractivity contribution in [3.63, 3.8) is 0 Å². The molecule has 0 aliphatic rings. The summed E-state index contributed by atoms with van der Waals surface area (Å²) in [5.41, 5.74) is -3.34. The summed E-state index contributed by atoms with van der Waals surface area (Å²) in [6.07, 6.45) is -0.164. The highest BCUT2D eigenvalue weighted by Gasteiger charge is 2.51. The van der Waals surface area contributed by atoms with Gasteiger partial charge in [0.1, 0.15) is 12.2 Å². The number of hydrogen-bond donors (Lipinski definition) is 7. The van der Waals surface area contributed by atoms with Crippen molar-refractivity contribution < 1.29 is 45.0 Å². The maximum absolute atomic E-state index is 11.9. The smallest absolute Gasteiger partial charge is 0.360 e. The third kappa shape index (κ3) is 8.65. The van der Waals surface area contributed by atoms with Crippen LogP contribution in [0.2, 0.25) is 0 Å². The summed E-state index contributed by atoms with van der Waals surface area (Å²) < 4.78 is 0. The lowest BCUT2D eigenvalue weighted by Gasteiger charge is -2.33. The number of aliphatic carboxylic acids is 2. The second-order valence-corrected chi connectivity index (χ2v) is 6.56. The molecule has 0 heterocycles. The van der Waals surface area contributed by atoms with E-state index < -0.39 is 41.9 Å². The van der Waals surface area contributed by atoms with Crippen LogP contribution in [-0.2, 0) is 14.4 Å². The molecule has 0 saturated heterocycles. The second kappa shape index (κ2) is 12.6. The average Bonchev–Trinajstić information content (AvgIpc) is 2.61. The van der Waals surface area contributed by atoms with E-state index in [2.05, 4.69) is 6.92 Å². The molecule has 0 fully saturated rings. The first-order valence-corrected chi connectivity index (χ1v) is 9.11. The molecular formula is C17H31NO9. The number of hydrogen-bond acceptors (Lipinski definition) is 7. The van der Waals surface area contributed by atoms with Crippen LogP contribution >= 0.6 is 0 Å². The van der Waals surface area contributed by atoms with Crippen molar-refractivity contribution in [2.75, 3.05) is 0 Å². The van der Waals surface area contributed by atoms with Crippen LogP contribution in [0.15, 0.2) is 0 Å². The highest BCUT2D eigenvalue weighted by molar-refractivity contribution is 5.86. The Morgan fingerprint density at radius 3 is 1.81 bits per heavy atom. The van der Waals surface area contributed by atoms with E-state index in [0.717, 1.165) is 38.5 Å². The lowest BCUT2D eigenvalue weighted by Crippen LogP contribution is -2.67. The van der Waals surface area contributed by atoms with Gasteiger partial charge in [0, 0.05) is 6.42 Å². The Bertz CT molecular complexity index is 485. The molecule has 0 aromatic rings. The van der Waals surface area contributed by atoms with Crippen molar-refractivity contribution in [2.45, 2.75) is 88.7 Å². The number of rotatable bonds is 15. The summed E-state index contributed by atoms with van der Waals surface area (Å²) in [5, 5.41) is 57.8. The third-order valence-electron chi connectivity index (χ3n) is 4.24. The zero-order valence-electron chi connectivity index (χ0n) is 15.5. The van der Waals surface area contributed by atoms with Crippen LogP contribution in [0, 0.1) is 0 Å². The minimum Gasteiger partial charge on any atom is -0.479 e. The van der Waals surface area contributed by atoms with E-state index in [1.165, 1.54) is 6.42 Å². The van der Waals surface area contributed by atoms with Gasteiger partial charge >= 0.3 is 11.9 Å². The molecule has 0 aliphatic heterocycles. The highest BCUT2D eigenvalue weighted by atomic mass is 16.5. The SMILES string of the molecule is CCCCCCCCCCC(=O)N[C@](O)(C(=O)O)[C@@H](O)[C@H](O)[C@H](O)C(=O)O. The second-order valence-electron chi connectivity index (χ2n) is 6.56. The first kappa shape index (κ1) is 25.2. The minimum absolute atomic E-state index is 0.116. The molecule has 0 bridgehead atoms. The summed E-state index contributed by atoms with van der Waals surface area (Å²) in [4.78, 5) is 33.7. The first-order valence-electron chi connectivity index (χ1n) is 9.11. The minimum atomic E-state index is -3.34. The Morgan fingerprint density at radius 1 is 0.889 bits per heavy atom. The van der Waals surface area contributed by atoms with Gasteiger partial charge in [-0.3, -0.25) is 4.79 Å². The molecule has 4 atom stereocenters. The Hall–Kier alpha value is -1.75. The molecule has 0 radical (unpaired) electrons. The van der Waals surface area contributed by atoms with Gasteiger partial charge in [0.2, 0.25) is 5.91 Å². The zero-order chi connectivity index (χ0) is 21.0. The van der Waals surface area contributed by atoms with E-state index >= 15 is 0 Å². The Kier molecular flexibility index (Phi) is 11.8. The van der Waals surface area contributed by atoms with Crippen molar-refractivity contribution in [3.05, 3.63) is 0 Å². The summed E-state index contributed by atoms with van der Waals surface area (Å²) >= 11 is 0. The normalized spacial score (nSPS) is 16.8. The quantitative estimate of drug-likeness (QED) is 0.143. The molecule has 10 nitrogen and oxygen atoms in total. The predicted octanol–water partition coefficient (Wildman–Crippen LogP) is -0.426. The molecule has 0 aromatic heterocycles. The number of carbonyl (C=O) groups excluding carboxylic acids is 1. The topological polar surface area (TPSA) is 185 Å². The number of carboxylic acid groups (broad SMARTS) is 2. The molecule has 0 aromatic carbocycles. The van der Waals surface area contributed by atoms with Crippen LogP contribution < -0.4 is 5.32 Å². The number of aliphatic hydroxyl groups is 4. The number of aliphatic hydroxyl groups excluding tert-OH is 3. The van der Waals surface area contributed by atoms with Crippen LogP contribution in [0.5, 0.6) is 0 Å². The van der Waals surface area contributed by atoms with Gasteiger partial charge in [-0.05, 0) is 6.42 Å². The summed E-state index contributed by atoms with van der Waals surface area (Å²) in [6.45, 7) is 2.12. The van der Waals surface area contributed by atoms with Gasteiger partial charge in [-0.25, -0.2) is 9.59 Å². The van der Waals surface area contributed by atoms with Gasteiger partial charge in [0.15, 0.2) is 6.10 Å². The number of nitrogens with one attached hydrogen (secondary N) is 1. The molecular weight excluding hydrogens is 362 g/mol. The van der Waals surface area contributed by atoms with Crippen LogP contribution in [0.25, 0.3) is 0 Å². The number of amides is 1. The monoisotopic (exact) mass is 393 g/mol. The summed E-state index contributed by atoms with van der Waals surface area (Å²) in [6, 6.07) is 0. The van der Waals surface area contributed by atoms with Crippen molar-refractivity contribution in [2.24, 2.45) is 0 Å². The number of carbonyl (C=O) groups is 3. The molecule has 0 unspecified atom stereocenters. The van der Waals surface area contributed by atoms with Crippen LogP contribution in [-0.4, -0.2) is 72.5 Å². The fourth-order valence-electron chi connectivity index (χ4n) is 2.51. The van der Waals surface area contributed by atoms with E-state index in [1.54, 1.807) is 5.32 Å². The largest absolute Gasteiger partial charge is 0.479 e. The van der Waals surface area contributed by atoms with E-state index in [9.17, 15) is 34.8 Å². The Morgan fingerprint density at radius 2 is 1.37 bits per heavy atom. The summed E-state index contributed by atoms with van der Waals surface area (Å²) in [7, 11) is 0. The van der Waals surface area contributed by atoms with Gasteiger partial charge in [0.25, 0.3) is 5.72 Å². The predicted molar refractivity (Wildman–Crippen MR) is 93.6 cm³/mol. The fourth-order valence-corrected chi connectivity index (χ4v) is 2.51. The molecule has 158 valence electrons. The van der Waals surface area contributed by atoms with E-state index in [4.69, 9.17) is 10.2 Å². The van der Waals surface area contributed by atoms with Gasteiger partial charge in [-0.1, -0.05) is 51.9 Å². The zero-order valence-corrected chi connectivity index (χ0v) is 15.5. The molecule has 10 heteroatoms. The molecule has 27 heavy (non-hydrogen) atoms. The lowest BCUT2D eigenvalue weighted by atomic mass is 9.97. The average molecular weight is 393 g/mol. The van der Waals surface area contributed by atoms with E-state index in [1.807, 2.05) is 0 Å². The number of carboxylic acids is 2.